The Morgan fingerprint density at radius 1 is 1.50 bits per heavy atom. The quantitative estimate of drug-likeness (QED) is 0.770. The molecule has 0 spiro atoms. The lowest BCUT2D eigenvalue weighted by Gasteiger charge is -2.17. The number of benzene rings is 1. The standard InChI is InChI=1S/C14H17BrClNO/c1-10-6-12(8-13(16)7-10)14(18)17-5-3-11(9-17)2-4-15/h6-8,11H,2-5,9H2,1H3. The highest BCUT2D eigenvalue weighted by molar-refractivity contribution is 9.09. The summed E-state index contributed by atoms with van der Waals surface area (Å²) in [7, 11) is 0. The molecule has 18 heavy (non-hydrogen) atoms. The molecular weight excluding hydrogens is 314 g/mol. The number of hydrogen-bond donors (Lipinski definition) is 0. The fourth-order valence-electron chi connectivity index (χ4n) is 2.45. The van der Waals surface area contributed by atoms with E-state index in [9.17, 15) is 4.79 Å². The number of halogens is 2. The summed E-state index contributed by atoms with van der Waals surface area (Å²) < 4.78 is 0. The van der Waals surface area contributed by atoms with E-state index >= 15 is 0 Å². The molecule has 0 radical (unpaired) electrons. The van der Waals surface area contributed by atoms with Gasteiger partial charge in [0.2, 0.25) is 0 Å². The van der Waals surface area contributed by atoms with Crippen LogP contribution in [0.25, 0.3) is 0 Å². The highest BCUT2D eigenvalue weighted by Crippen LogP contribution is 2.23. The Bertz CT molecular complexity index is 429. The minimum Gasteiger partial charge on any atom is -0.338 e. The van der Waals surface area contributed by atoms with Crippen molar-refractivity contribution in [2.24, 2.45) is 5.92 Å². The van der Waals surface area contributed by atoms with Crippen LogP contribution in [0, 0.1) is 12.8 Å². The van der Waals surface area contributed by atoms with Crippen LogP contribution in [0.5, 0.6) is 0 Å². The van der Waals surface area contributed by atoms with Gasteiger partial charge in [-0.2, -0.15) is 0 Å². The molecule has 1 aromatic rings. The zero-order valence-electron chi connectivity index (χ0n) is 10.5. The fourth-order valence-corrected chi connectivity index (χ4v) is 3.39. The molecule has 2 nitrogen and oxygen atoms in total. The lowest BCUT2D eigenvalue weighted by molar-refractivity contribution is 0.0787. The fraction of sp³-hybridized carbons (Fsp3) is 0.500. The van der Waals surface area contributed by atoms with E-state index in [1.807, 2.05) is 24.0 Å². The van der Waals surface area contributed by atoms with Crippen LogP contribution in [0.4, 0.5) is 0 Å². The lowest BCUT2D eigenvalue weighted by atomic mass is 10.1. The van der Waals surface area contributed by atoms with E-state index in [1.165, 1.54) is 0 Å². The number of amides is 1. The Morgan fingerprint density at radius 2 is 2.28 bits per heavy atom. The molecule has 1 aromatic carbocycles. The van der Waals surface area contributed by atoms with Crippen LogP contribution in [0.3, 0.4) is 0 Å². The van der Waals surface area contributed by atoms with Gasteiger partial charge < -0.3 is 4.90 Å². The maximum absolute atomic E-state index is 12.4. The molecule has 0 saturated carbocycles. The van der Waals surface area contributed by atoms with E-state index in [4.69, 9.17) is 11.6 Å². The number of aryl methyl sites for hydroxylation is 1. The van der Waals surface area contributed by atoms with Crippen LogP contribution in [-0.2, 0) is 0 Å². The Kier molecular flexibility index (Phi) is 4.68. The molecule has 1 fully saturated rings. The molecule has 1 amide bonds. The average Bonchev–Trinajstić information content (AvgIpc) is 2.76. The SMILES string of the molecule is Cc1cc(Cl)cc(C(=O)N2CCC(CCBr)C2)c1. The van der Waals surface area contributed by atoms with Gasteiger partial charge in [-0.1, -0.05) is 27.5 Å². The minimum absolute atomic E-state index is 0.109. The first-order chi connectivity index (χ1) is 8.60. The van der Waals surface area contributed by atoms with Crippen LogP contribution in [0.2, 0.25) is 5.02 Å². The molecule has 1 atom stereocenters. The van der Waals surface area contributed by atoms with Crippen LogP contribution < -0.4 is 0 Å². The summed E-state index contributed by atoms with van der Waals surface area (Å²) in [6, 6.07) is 5.54. The van der Waals surface area contributed by atoms with E-state index in [-0.39, 0.29) is 5.91 Å². The lowest BCUT2D eigenvalue weighted by Crippen LogP contribution is -2.28. The van der Waals surface area contributed by atoms with Crippen LogP contribution >= 0.6 is 27.5 Å². The largest absolute Gasteiger partial charge is 0.338 e. The van der Waals surface area contributed by atoms with Crippen LogP contribution in [-0.4, -0.2) is 29.2 Å². The summed E-state index contributed by atoms with van der Waals surface area (Å²) in [5.74, 6) is 0.742. The van der Waals surface area contributed by atoms with Crippen molar-refractivity contribution in [3.8, 4) is 0 Å². The van der Waals surface area contributed by atoms with Gasteiger partial charge in [0, 0.05) is 29.0 Å². The molecule has 2 rings (SSSR count). The number of carbonyl (C=O) groups excluding carboxylic acids is 1. The number of rotatable bonds is 3. The van der Waals surface area contributed by atoms with Crippen LogP contribution in [0.1, 0.15) is 28.8 Å². The molecule has 0 bridgehead atoms. The molecule has 0 aromatic heterocycles. The summed E-state index contributed by atoms with van der Waals surface area (Å²) >= 11 is 9.46. The molecule has 1 saturated heterocycles. The second-order valence-corrected chi connectivity index (χ2v) is 6.13. The second kappa shape index (κ2) is 6.07. The van der Waals surface area contributed by atoms with Crippen molar-refractivity contribution < 1.29 is 4.79 Å². The van der Waals surface area contributed by atoms with Gasteiger partial charge in [-0.15, -0.1) is 0 Å². The molecule has 98 valence electrons. The normalized spacial score (nSPS) is 19.3. The van der Waals surface area contributed by atoms with Crippen molar-refractivity contribution in [3.63, 3.8) is 0 Å². The molecule has 1 aliphatic heterocycles. The summed E-state index contributed by atoms with van der Waals surface area (Å²) in [4.78, 5) is 14.3. The number of hydrogen-bond acceptors (Lipinski definition) is 1. The first kappa shape index (κ1) is 13.9. The van der Waals surface area contributed by atoms with Gasteiger partial charge in [0.05, 0.1) is 0 Å². The summed E-state index contributed by atoms with van der Waals surface area (Å²) in [5.41, 5.74) is 1.74. The van der Waals surface area contributed by atoms with Crippen molar-refractivity contribution >= 4 is 33.4 Å². The van der Waals surface area contributed by atoms with Gasteiger partial charge in [-0.25, -0.2) is 0 Å². The second-order valence-electron chi connectivity index (χ2n) is 4.90. The monoisotopic (exact) mass is 329 g/mol. The van der Waals surface area contributed by atoms with Crippen molar-refractivity contribution in [1.29, 1.82) is 0 Å². The number of carbonyl (C=O) groups is 1. The topological polar surface area (TPSA) is 20.3 Å². The zero-order chi connectivity index (χ0) is 13.1. The van der Waals surface area contributed by atoms with E-state index in [0.29, 0.717) is 16.5 Å². The summed E-state index contributed by atoms with van der Waals surface area (Å²) in [6.45, 7) is 3.69. The van der Waals surface area contributed by atoms with Crippen molar-refractivity contribution in [2.45, 2.75) is 19.8 Å². The predicted octanol–water partition coefficient (Wildman–Crippen LogP) is 3.90. The number of nitrogens with zero attached hydrogens (tertiary/aromatic N) is 1. The van der Waals surface area contributed by atoms with Crippen molar-refractivity contribution in [2.75, 3.05) is 18.4 Å². The number of likely N-dealkylation sites (tertiary alicyclic amines) is 1. The molecular formula is C14H17BrClNO. The smallest absolute Gasteiger partial charge is 0.253 e. The van der Waals surface area contributed by atoms with Crippen molar-refractivity contribution in [3.05, 3.63) is 34.3 Å². The van der Waals surface area contributed by atoms with Crippen molar-refractivity contribution in [1.82, 2.24) is 4.90 Å². The zero-order valence-corrected chi connectivity index (χ0v) is 12.8. The third kappa shape index (κ3) is 3.27. The van der Waals surface area contributed by atoms with E-state index in [1.54, 1.807) is 6.07 Å². The first-order valence-corrected chi connectivity index (χ1v) is 7.72. The molecule has 1 aliphatic rings. The third-order valence-electron chi connectivity index (χ3n) is 3.38. The number of alkyl halides is 1. The van der Waals surface area contributed by atoms with Gasteiger partial charge >= 0.3 is 0 Å². The van der Waals surface area contributed by atoms with Gasteiger partial charge in [0.25, 0.3) is 5.91 Å². The maximum atomic E-state index is 12.4. The predicted molar refractivity (Wildman–Crippen MR) is 78.6 cm³/mol. The van der Waals surface area contributed by atoms with E-state index in [0.717, 1.165) is 36.8 Å². The van der Waals surface area contributed by atoms with Gasteiger partial charge in [-0.05, 0) is 49.4 Å². The Morgan fingerprint density at radius 3 is 2.94 bits per heavy atom. The first-order valence-electron chi connectivity index (χ1n) is 6.22. The molecule has 0 aliphatic carbocycles. The molecule has 1 unspecified atom stereocenters. The molecule has 4 heteroatoms. The average molecular weight is 331 g/mol. The third-order valence-corrected chi connectivity index (χ3v) is 4.06. The van der Waals surface area contributed by atoms with Crippen LogP contribution in [0.15, 0.2) is 18.2 Å². The molecule has 0 N–H and O–H groups in total. The maximum Gasteiger partial charge on any atom is 0.253 e. The highest BCUT2D eigenvalue weighted by atomic mass is 79.9. The van der Waals surface area contributed by atoms with E-state index in [2.05, 4.69) is 15.9 Å². The Hall–Kier alpha value is -0.540. The molecule has 1 heterocycles. The summed E-state index contributed by atoms with van der Waals surface area (Å²) in [6.07, 6.45) is 2.25. The van der Waals surface area contributed by atoms with Gasteiger partial charge in [0.1, 0.15) is 0 Å². The minimum atomic E-state index is 0.109. The van der Waals surface area contributed by atoms with Gasteiger partial charge in [0.15, 0.2) is 0 Å². The highest BCUT2D eigenvalue weighted by Gasteiger charge is 2.26. The van der Waals surface area contributed by atoms with E-state index < -0.39 is 0 Å². The Balaban J connectivity index is 2.08. The summed E-state index contributed by atoms with van der Waals surface area (Å²) in [5, 5.41) is 1.64. The van der Waals surface area contributed by atoms with Gasteiger partial charge in [-0.3, -0.25) is 4.79 Å². The Labute approximate surface area is 121 Å².